The number of hydrogen-bond acceptors (Lipinski definition) is 6. The van der Waals surface area contributed by atoms with E-state index < -0.39 is 63.8 Å². The maximum absolute atomic E-state index is 12.5. The first-order valence-corrected chi connectivity index (χ1v) is 6.89. The van der Waals surface area contributed by atoms with Crippen molar-refractivity contribution in [1.82, 2.24) is 0 Å². The Bertz CT molecular complexity index is 345. The molecule has 0 aromatic carbocycles. The molecule has 0 fully saturated rings. The van der Waals surface area contributed by atoms with Crippen LogP contribution in [0, 0.1) is 0 Å². The van der Waals surface area contributed by atoms with Gasteiger partial charge in [0.1, 0.15) is 0 Å². The maximum Gasteiger partial charge on any atom is 0.444 e. The molecule has 0 aromatic heterocycles. The van der Waals surface area contributed by atoms with Gasteiger partial charge in [0.2, 0.25) is 0 Å². The van der Waals surface area contributed by atoms with Gasteiger partial charge in [0.15, 0.2) is 0 Å². The summed E-state index contributed by atoms with van der Waals surface area (Å²) in [7, 11) is 0. The Morgan fingerprint density at radius 2 is 1.10 bits per heavy atom. The number of hydrogen-bond donors (Lipinski definition) is 0. The van der Waals surface area contributed by atoms with Gasteiger partial charge in [-0.15, -0.1) is 0 Å². The van der Waals surface area contributed by atoms with E-state index >= 15 is 0 Å². The summed E-state index contributed by atoms with van der Waals surface area (Å²) in [5.74, 6) is -3.96. The number of carbonyl (C=O) groups excluding carboxylic acids is 2. The third-order valence-corrected chi connectivity index (χ3v) is 3.81. The van der Waals surface area contributed by atoms with Gasteiger partial charge in [0.05, 0.1) is 13.2 Å². The van der Waals surface area contributed by atoms with Crippen molar-refractivity contribution in [2.75, 3.05) is 13.2 Å². The Labute approximate surface area is 123 Å². The lowest BCUT2D eigenvalue weighted by Gasteiger charge is -2.28. The molecule has 0 atom stereocenters. The zero-order chi connectivity index (χ0) is 16.9. The Kier molecular flexibility index (Phi) is 7.20. The summed E-state index contributed by atoms with van der Waals surface area (Å²) < 4.78 is 79.7. The minimum absolute atomic E-state index is 0.503. The lowest BCUT2D eigenvalue weighted by Crippen LogP contribution is -2.47. The fourth-order valence-electron chi connectivity index (χ4n) is 1.05. The highest BCUT2D eigenvalue weighted by Crippen LogP contribution is 2.54. The van der Waals surface area contributed by atoms with Gasteiger partial charge in [-0.05, 0) is 37.4 Å². The monoisotopic (exact) mass is 360 g/mol. The molecule has 0 aliphatic heterocycles. The fourth-order valence-corrected chi connectivity index (χ4v) is 3.00. The highest BCUT2D eigenvalue weighted by Gasteiger charge is 2.62. The van der Waals surface area contributed by atoms with Crippen molar-refractivity contribution in [2.45, 2.75) is 28.9 Å². The third kappa shape index (κ3) is 6.68. The fraction of sp³-hybridized carbons (Fsp3) is 0.778. The molecule has 0 heterocycles. The zero-order valence-corrected chi connectivity index (χ0v) is 12.3. The van der Waals surface area contributed by atoms with Crippen LogP contribution in [0.25, 0.3) is 0 Å². The topological polar surface area (TPSA) is 52.6 Å². The second-order valence-electron chi connectivity index (χ2n) is 3.15. The lowest BCUT2D eigenvalue weighted by atomic mass is 10.4. The molecular formula is C9H10F6O4S2. The van der Waals surface area contributed by atoms with E-state index in [1.807, 2.05) is 0 Å². The summed E-state index contributed by atoms with van der Waals surface area (Å²) in [5.41, 5.74) is -10.6. The summed E-state index contributed by atoms with van der Waals surface area (Å²) >= 11 is -2.87. The van der Waals surface area contributed by atoms with Crippen LogP contribution in [0.4, 0.5) is 26.3 Å². The summed E-state index contributed by atoms with van der Waals surface area (Å²) in [4.78, 5) is 23.1. The summed E-state index contributed by atoms with van der Waals surface area (Å²) in [5, 5.41) is 0. The molecule has 0 aromatic rings. The number of rotatable bonds is 6. The van der Waals surface area contributed by atoms with Gasteiger partial charge in [-0.2, -0.15) is 26.3 Å². The van der Waals surface area contributed by atoms with Crippen molar-refractivity contribution in [1.29, 1.82) is 0 Å². The van der Waals surface area contributed by atoms with Crippen LogP contribution in [0.1, 0.15) is 13.8 Å². The van der Waals surface area contributed by atoms with E-state index in [0.29, 0.717) is 0 Å². The SMILES string of the molecule is CCOC(=O)C(SC(F)(F)F)(SC(F)(F)F)C(=O)OCC. The molecular weight excluding hydrogens is 350 g/mol. The normalized spacial score (nSPS) is 13.0. The van der Waals surface area contributed by atoms with Gasteiger partial charge in [0.25, 0.3) is 4.08 Å². The van der Waals surface area contributed by atoms with E-state index in [4.69, 9.17) is 0 Å². The van der Waals surface area contributed by atoms with Crippen LogP contribution in [0.2, 0.25) is 0 Å². The molecule has 21 heavy (non-hydrogen) atoms. The number of esters is 2. The van der Waals surface area contributed by atoms with Crippen molar-refractivity contribution in [3.63, 3.8) is 0 Å². The number of halogens is 6. The smallest absolute Gasteiger partial charge is 0.444 e. The van der Waals surface area contributed by atoms with Crippen molar-refractivity contribution >= 4 is 35.5 Å². The van der Waals surface area contributed by atoms with E-state index in [1.54, 1.807) is 0 Å². The molecule has 0 radical (unpaired) electrons. The van der Waals surface area contributed by atoms with Crippen LogP contribution in [0.15, 0.2) is 0 Å². The van der Waals surface area contributed by atoms with Crippen molar-refractivity contribution in [3.05, 3.63) is 0 Å². The van der Waals surface area contributed by atoms with Crippen molar-refractivity contribution in [2.24, 2.45) is 0 Å². The van der Waals surface area contributed by atoms with E-state index in [-0.39, 0.29) is 0 Å². The summed E-state index contributed by atoms with van der Waals surface area (Å²) in [6.45, 7) is 1.34. The minimum atomic E-state index is -5.29. The largest absolute Gasteiger partial charge is 0.464 e. The van der Waals surface area contributed by atoms with E-state index in [2.05, 4.69) is 9.47 Å². The van der Waals surface area contributed by atoms with Crippen molar-refractivity contribution < 1.29 is 45.4 Å². The van der Waals surface area contributed by atoms with Gasteiger partial charge >= 0.3 is 23.0 Å². The number of carbonyl (C=O) groups is 2. The number of thioether (sulfide) groups is 2. The highest BCUT2D eigenvalue weighted by molar-refractivity contribution is 8.21. The maximum atomic E-state index is 12.5. The second-order valence-corrected chi connectivity index (χ2v) is 5.97. The van der Waals surface area contributed by atoms with Crippen molar-refractivity contribution in [3.8, 4) is 0 Å². The van der Waals surface area contributed by atoms with Crippen LogP contribution in [0.5, 0.6) is 0 Å². The Hall–Kier alpha value is -0.780. The Balaban J connectivity index is 5.81. The Morgan fingerprint density at radius 1 is 0.810 bits per heavy atom. The molecule has 0 N–H and O–H groups in total. The molecule has 0 rings (SSSR count). The number of ether oxygens (including phenoxy) is 2. The zero-order valence-electron chi connectivity index (χ0n) is 10.6. The predicted octanol–water partition coefficient (Wildman–Crippen LogP) is 3.31. The average molecular weight is 360 g/mol. The van der Waals surface area contributed by atoms with Gasteiger partial charge < -0.3 is 9.47 Å². The molecule has 0 saturated carbocycles. The van der Waals surface area contributed by atoms with Gasteiger partial charge in [-0.25, -0.2) is 9.59 Å². The Morgan fingerprint density at radius 3 is 1.29 bits per heavy atom. The van der Waals surface area contributed by atoms with Gasteiger partial charge in [-0.3, -0.25) is 0 Å². The molecule has 0 aliphatic rings. The predicted molar refractivity (Wildman–Crippen MR) is 63.3 cm³/mol. The first kappa shape index (κ1) is 20.2. The van der Waals surface area contributed by atoms with Crippen LogP contribution in [-0.2, 0) is 19.1 Å². The van der Waals surface area contributed by atoms with Crippen LogP contribution in [-0.4, -0.2) is 40.2 Å². The average Bonchev–Trinajstić information content (AvgIpc) is 2.24. The molecule has 0 spiro atoms. The molecule has 0 bridgehead atoms. The first-order chi connectivity index (χ1) is 9.38. The van der Waals surface area contributed by atoms with Gasteiger partial charge in [0, 0.05) is 0 Å². The standard InChI is InChI=1S/C9H10F6O4S2/c1-3-18-5(16)7(6(17)19-4-2,20-8(10,11)12)21-9(13,14)15/h3-4H2,1-2H3. The summed E-state index contributed by atoms with van der Waals surface area (Å²) in [6.07, 6.45) is 0. The van der Waals surface area contributed by atoms with Gasteiger partial charge in [-0.1, -0.05) is 0 Å². The quantitative estimate of drug-likeness (QED) is 0.314. The molecule has 124 valence electrons. The number of alkyl halides is 6. The van der Waals surface area contributed by atoms with E-state index in [0.717, 1.165) is 0 Å². The molecule has 0 saturated heterocycles. The van der Waals surface area contributed by atoms with Crippen LogP contribution in [0.3, 0.4) is 0 Å². The highest BCUT2D eigenvalue weighted by atomic mass is 32.2. The van der Waals surface area contributed by atoms with Crippen LogP contribution < -0.4 is 0 Å². The van der Waals surface area contributed by atoms with E-state index in [9.17, 15) is 35.9 Å². The molecule has 4 nitrogen and oxygen atoms in total. The van der Waals surface area contributed by atoms with Crippen LogP contribution >= 0.6 is 23.5 Å². The molecule has 0 unspecified atom stereocenters. The molecule has 0 amide bonds. The summed E-state index contributed by atoms with van der Waals surface area (Å²) in [6, 6.07) is 0. The minimum Gasteiger partial charge on any atom is -0.464 e. The first-order valence-electron chi connectivity index (χ1n) is 5.26. The third-order valence-electron chi connectivity index (χ3n) is 1.61. The molecule has 12 heteroatoms. The second kappa shape index (κ2) is 7.47. The lowest BCUT2D eigenvalue weighted by molar-refractivity contribution is -0.155. The van der Waals surface area contributed by atoms with E-state index in [1.165, 1.54) is 13.8 Å². The molecule has 0 aliphatic carbocycles.